The Balaban J connectivity index is 2.68. The zero-order valence-corrected chi connectivity index (χ0v) is 11.3. The Labute approximate surface area is 108 Å². The normalized spacial score (nSPS) is 11.3. The number of aliphatic hydroxyl groups is 1. The molecule has 1 heterocycles. The Morgan fingerprint density at radius 2 is 1.89 bits per heavy atom. The molecule has 0 radical (unpaired) electrons. The fourth-order valence-electron chi connectivity index (χ4n) is 1.29. The fraction of sp³-hybridized carbons (Fsp3) is 0.667. The van der Waals surface area contributed by atoms with Crippen molar-refractivity contribution in [2.75, 3.05) is 36.1 Å². The van der Waals surface area contributed by atoms with Crippen molar-refractivity contribution in [2.45, 2.75) is 27.2 Å². The highest BCUT2D eigenvalue weighted by Gasteiger charge is 2.16. The van der Waals surface area contributed by atoms with Crippen molar-refractivity contribution in [3.63, 3.8) is 0 Å². The molecular weight excluding hydrogens is 230 g/mol. The number of nitrogens with one attached hydrogen (secondary N) is 2. The molecule has 0 unspecified atom stereocenters. The van der Waals surface area contributed by atoms with E-state index in [4.69, 9.17) is 5.73 Å². The molecule has 6 nitrogen and oxygen atoms in total. The molecule has 0 aliphatic carbocycles. The fourth-order valence-corrected chi connectivity index (χ4v) is 1.29. The average Bonchev–Trinajstić information content (AvgIpc) is 2.33. The van der Waals surface area contributed by atoms with Gasteiger partial charge in [-0.25, -0.2) is 0 Å². The molecule has 1 rings (SSSR count). The molecule has 0 spiro atoms. The van der Waals surface area contributed by atoms with Gasteiger partial charge in [0.25, 0.3) is 0 Å². The largest absolute Gasteiger partial charge is 0.396 e. The molecule has 0 aliphatic rings. The first-order valence-electron chi connectivity index (χ1n) is 6.20. The van der Waals surface area contributed by atoms with Gasteiger partial charge in [-0.3, -0.25) is 0 Å². The Morgan fingerprint density at radius 1 is 1.28 bits per heavy atom. The van der Waals surface area contributed by atoms with Crippen LogP contribution in [-0.4, -0.2) is 34.8 Å². The van der Waals surface area contributed by atoms with Crippen LogP contribution in [0.15, 0.2) is 6.07 Å². The number of aromatic nitrogens is 2. The van der Waals surface area contributed by atoms with Crippen LogP contribution < -0.4 is 16.4 Å². The summed E-state index contributed by atoms with van der Waals surface area (Å²) in [4.78, 5) is 8.22. The van der Waals surface area contributed by atoms with Crippen molar-refractivity contribution in [2.24, 2.45) is 5.41 Å². The minimum atomic E-state index is -0.198. The number of hydrogen-bond acceptors (Lipinski definition) is 6. The predicted molar refractivity (Wildman–Crippen MR) is 74.6 cm³/mol. The topological polar surface area (TPSA) is 96.1 Å². The summed E-state index contributed by atoms with van der Waals surface area (Å²) in [6, 6.07) is 1.82. The van der Waals surface area contributed by atoms with Crippen LogP contribution in [0.5, 0.6) is 0 Å². The summed E-state index contributed by atoms with van der Waals surface area (Å²) in [7, 11) is 0. The third kappa shape index (κ3) is 4.75. The van der Waals surface area contributed by atoms with Gasteiger partial charge in [0.05, 0.1) is 0 Å². The second-order valence-electron chi connectivity index (χ2n) is 5.10. The van der Waals surface area contributed by atoms with E-state index in [1.807, 2.05) is 19.9 Å². The van der Waals surface area contributed by atoms with Crippen molar-refractivity contribution < 1.29 is 5.11 Å². The van der Waals surface area contributed by atoms with Gasteiger partial charge in [-0.15, -0.1) is 0 Å². The maximum atomic E-state index is 9.19. The van der Waals surface area contributed by atoms with E-state index in [1.54, 1.807) is 0 Å². The number of nitrogens with two attached hydrogens (primary N) is 1. The van der Waals surface area contributed by atoms with Crippen LogP contribution in [0.2, 0.25) is 0 Å². The van der Waals surface area contributed by atoms with Gasteiger partial charge in [0, 0.05) is 31.2 Å². The van der Waals surface area contributed by atoms with Gasteiger partial charge in [-0.05, 0) is 6.42 Å². The molecule has 1 aromatic heterocycles. The maximum Gasteiger partial charge on any atom is 0.223 e. The zero-order chi connectivity index (χ0) is 13.6. The number of anilines is 3. The summed E-state index contributed by atoms with van der Waals surface area (Å²) in [6.45, 7) is 7.61. The Bertz CT molecular complexity index is 381. The molecule has 18 heavy (non-hydrogen) atoms. The van der Waals surface area contributed by atoms with Crippen molar-refractivity contribution in [3.8, 4) is 0 Å². The Morgan fingerprint density at radius 3 is 2.44 bits per heavy atom. The number of nitrogen functional groups attached to an aromatic ring is 1. The standard InChI is InChI=1S/C12H23N5O/c1-4-5-14-9-6-10(17-11(13)16-9)15-7-12(2,3)8-18/h6,18H,4-5,7-8H2,1-3H3,(H4,13,14,15,16,17). The van der Waals surface area contributed by atoms with Gasteiger partial charge in [0.2, 0.25) is 5.95 Å². The van der Waals surface area contributed by atoms with Crippen LogP contribution in [0.1, 0.15) is 27.2 Å². The lowest BCUT2D eigenvalue weighted by Gasteiger charge is -2.22. The molecule has 0 saturated heterocycles. The summed E-state index contributed by atoms with van der Waals surface area (Å²) >= 11 is 0. The van der Waals surface area contributed by atoms with E-state index in [2.05, 4.69) is 27.5 Å². The summed E-state index contributed by atoms with van der Waals surface area (Å²) in [5.74, 6) is 1.62. The van der Waals surface area contributed by atoms with Crippen molar-refractivity contribution in [3.05, 3.63) is 6.07 Å². The van der Waals surface area contributed by atoms with Gasteiger partial charge in [0.1, 0.15) is 11.6 Å². The van der Waals surface area contributed by atoms with E-state index in [1.165, 1.54) is 0 Å². The number of aliphatic hydroxyl groups excluding tert-OH is 1. The highest BCUT2D eigenvalue weighted by molar-refractivity contribution is 5.51. The van der Waals surface area contributed by atoms with Gasteiger partial charge >= 0.3 is 0 Å². The summed E-state index contributed by atoms with van der Waals surface area (Å²) in [6.07, 6.45) is 1.02. The quantitative estimate of drug-likeness (QED) is 0.585. The molecule has 1 aromatic rings. The molecule has 102 valence electrons. The lowest BCUT2D eigenvalue weighted by atomic mass is 9.95. The van der Waals surface area contributed by atoms with Crippen LogP contribution in [-0.2, 0) is 0 Å². The molecule has 6 heteroatoms. The highest BCUT2D eigenvalue weighted by Crippen LogP contribution is 2.17. The number of rotatable bonds is 7. The SMILES string of the molecule is CCCNc1cc(NCC(C)(C)CO)nc(N)n1. The zero-order valence-electron chi connectivity index (χ0n) is 11.3. The van der Waals surface area contributed by atoms with Crippen LogP contribution in [0.4, 0.5) is 17.6 Å². The molecular formula is C12H23N5O. The minimum Gasteiger partial charge on any atom is -0.396 e. The lowest BCUT2D eigenvalue weighted by Crippen LogP contribution is -2.27. The van der Waals surface area contributed by atoms with E-state index in [0.29, 0.717) is 18.2 Å². The van der Waals surface area contributed by atoms with Crippen LogP contribution >= 0.6 is 0 Å². The third-order valence-electron chi connectivity index (χ3n) is 2.48. The Hall–Kier alpha value is -1.56. The Kier molecular flexibility index (Phi) is 5.15. The van der Waals surface area contributed by atoms with Gasteiger partial charge in [0.15, 0.2) is 0 Å². The predicted octanol–water partition coefficient (Wildman–Crippen LogP) is 1.31. The summed E-state index contributed by atoms with van der Waals surface area (Å²) in [5, 5.41) is 15.5. The third-order valence-corrected chi connectivity index (χ3v) is 2.48. The van der Waals surface area contributed by atoms with E-state index >= 15 is 0 Å². The molecule has 0 aromatic carbocycles. The van der Waals surface area contributed by atoms with Crippen molar-refractivity contribution >= 4 is 17.6 Å². The first kappa shape index (κ1) is 14.5. The van der Waals surface area contributed by atoms with Crippen LogP contribution in [0, 0.1) is 5.41 Å². The van der Waals surface area contributed by atoms with E-state index in [0.717, 1.165) is 13.0 Å². The monoisotopic (exact) mass is 253 g/mol. The molecule has 0 fully saturated rings. The summed E-state index contributed by atoms with van der Waals surface area (Å²) in [5.41, 5.74) is 5.45. The second-order valence-corrected chi connectivity index (χ2v) is 5.10. The lowest BCUT2D eigenvalue weighted by molar-refractivity contribution is 0.170. The molecule has 0 saturated carbocycles. The van der Waals surface area contributed by atoms with Gasteiger partial charge in [-0.2, -0.15) is 9.97 Å². The van der Waals surface area contributed by atoms with E-state index in [9.17, 15) is 5.11 Å². The molecule has 0 aliphatic heterocycles. The van der Waals surface area contributed by atoms with Gasteiger partial charge < -0.3 is 21.5 Å². The smallest absolute Gasteiger partial charge is 0.223 e. The van der Waals surface area contributed by atoms with Crippen molar-refractivity contribution in [1.29, 1.82) is 0 Å². The first-order valence-corrected chi connectivity index (χ1v) is 6.20. The summed E-state index contributed by atoms with van der Waals surface area (Å²) < 4.78 is 0. The molecule has 5 N–H and O–H groups in total. The van der Waals surface area contributed by atoms with E-state index in [-0.39, 0.29) is 18.0 Å². The first-order chi connectivity index (χ1) is 8.46. The van der Waals surface area contributed by atoms with Gasteiger partial charge in [-0.1, -0.05) is 20.8 Å². The van der Waals surface area contributed by atoms with Crippen LogP contribution in [0.25, 0.3) is 0 Å². The molecule has 0 atom stereocenters. The number of hydrogen-bond donors (Lipinski definition) is 4. The minimum absolute atomic E-state index is 0.113. The van der Waals surface area contributed by atoms with Crippen LogP contribution in [0.3, 0.4) is 0 Å². The second kappa shape index (κ2) is 6.39. The van der Waals surface area contributed by atoms with Crippen molar-refractivity contribution in [1.82, 2.24) is 9.97 Å². The highest BCUT2D eigenvalue weighted by atomic mass is 16.3. The van der Waals surface area contributed by atoms with E-state index < -0.39 is 0 Å². The molecule has 0 amide bonds. The molecule has 0 bridgehead atoms. The number of nitrogens with zero attached hydrogens (tertiary/aromatic N) is 2. The maximum absolute atomic E-state index is 9.19. The average molecular weight is 253 g/mol.